The van der Waals surface area contributed by atoms with Gasteiger partial charge >= 0.3 is 0 Å². The minimum Gasteiger partial charge on any atom is -0.326 e. The average molecular weight is 279 g/mol. The number of halogens is 3. The lowest BCUT2D eigenvalue weighted by atomic mass is 10.1. The van der Waals surface area contributed by atoms with Gasteiger partial charge in [0.05, 0.1) is 10.9 Å². The highest BCUT2D eigenvalue weighted by Crippen LogP contribution is 2.20. The SMILES string of the molecule is Cl.O=C(Nc1ccc(F)c(Cl)c1)[C@H]1CCNC1. The van der Waals surface area contributed by atoms with Gasteiger partial charge in [-0.3, -0.25) is 4.79 Å². The number of nitrogens with one attached hydrogen (secondary N) is 2. The molecule has 0 aliphatic carbocycles. The highest BCUT2D eigenvalue weighted by atomic mass is 35.5. The molecule has 1 saturated heterocycles. The Labute approximate surface area is 110 Å². The summed E-state index contributed by atoms with van der Waals surface area (Å²) in [6.07, 6.45) is 0.834. The molecular weight excluding hydrogens is 266 g/mol. The van der Waals surface area contributed by atoms with Crippen LogP contribution in [-0.4, -0.2) is 19.0 Å². The first-order valence-corrected chi connectivity index (χ1v) is 5.51. The first-order chi connectivity index (χ1) is 7.66. The van der Waals surface area contributed by atoms with Gasteiger partial charge in [-0.15, -0.1) is 12.4 Å². The zero-order chi connectivity index (χ0) is 11.5. The van der Waals surface area contributed by atoms with Crippen LogP contribution >= 0.6 is 24.0 Å². The van der Waals surface area contributed by atoms with Gasteiger partial charge < -0.3 is 10.6 Å². The van der Waals surface area contributed by atoms with E-state index in [1.54, 1.807) is 0 Å². The van der Waals surface area contributed by atoms with Gasteiger partial charge in [0.1, 0.15) is 5.82 Å². The molecule has 1 fully saturated rings. The molecular formula is C11H13Cl2FN2O. The molecule has 3 nitrogen and oxygen atoms in total. The van der Waals surface area contributed by atoms with E-state index in [9.17, 15) is 9.18 Å². The second-order valence-electron chi connectivity index (χ2n) is 3.81. The number of anilines is 1. The third-order valence-electron chi connectivity index (χ3n) is 2.62. The maximum absolute atomic E-state index is 12.9. The van der Waals surface area contributed by atoms with Crippen LogP contribution in [0, 0.1) is 11.7 Å². The van der Waals surface area contributed by atoms with Crippen molar-refractivity contribution in [3.8, 4) is 0 Å². The maximum atomic E-state index is 12.9. The monoisotopic (exact) mass is 278 g/mol. The summed E-state index contributed by atoms with van der Waals surface area (Å²) in [6, 6.07) is 4.16. The topological polar surface area (TPSA) is 41.1 Å². The van der Waals surface area contributed by atoms with Gasteiger partial charge in [-0.25, -0.2) is 4.39 Å². The molecule has 0 radical (unpaired) electrons. The van der Waals surface area contributed by atoms with E-state index in [0.29, 0.717) is 12.2 Å². The number of benzene rings is 1. The Morgan fingerprint density at radius 2 is 2.29 bits per heavy atom. The van der Waals surface area contributed by atoms with E-state index < -0.39 is 5.82 Å². The Bertz CT molecular complexity index is 408. The van der Waals surface area contributed by atoms with Gasteiger partial charge in [-0.05, 0) is 31.2 Å². The molecule has 2 N–H and O–H groups in total. The Kier molecular flexibility index (Phi) is 5.18. The Morgan fingerprint density at radius 1 is 1.53 bits per heavy atom. The third kappa shape index (κ3) is 3.56. The molecule has 1 aliphatic heterocycles. The molecule has 2 rings (SSSR count). The van der Waals surface area contributed by atoms with E-state index in [4.69, 9.17) is 11.6 Å². The molecule has 17 heavy (non-hydrogen) atoms. The summed E-state index contributed by atoms with van der Waals surface area (Å²) in [6.45, 7) is 1.56. The van der Waals surface area contributed by atoms with Crippen LogP contribution in [0.1, 0.15) is 6.42 Å². The van der Waals surface area contributed by atoms with Crippen molar-refractivity contribution < 1.29 is 9.18 Å². The van der Waals surface area contributed by atoms with Crippen molar-refractivity contribution in [3.05, 3.63) is 29.0 Å². The zero-order valence-electron chi connectivity index (χ0n) is 9.00. The minimum atomic E-state index is -0.484. The fourth-order valence-electron chi connectivity index (χ4n) is 1.70. The van der Waals surface area contributed by atoms with E-state index in [1.165, 1.54) is 18.2 Å². The van der Waals surface area contributed by atoms with Gasteiger partial charge in [0.2, 0.25) is 5.91 Å². The van der Waals surface area contributed by atoms with Gasteiger partial charge in [0.15, 0.2) is 0 Å². The summed E-state index contributed by atoms with van der Waals surface area (Å²) in [5.74, 6) is -0.543. The first-order valence-electron chi connectivity index (χ1n) is 5.13. The molecule has 1 aromatic carbocycles. The zero-order valence-corrected chi connectivity index (χ0v) is 10.6. The minimum absolute atomic E-state index is 0. The fraction of sp³-hybridized carbons (Fsp3) is 0.364. The Morgan fingerprint density at radius 3 is 2.88 bits per heavy atom. The van der Waals surface area contributed by atoms with Crippen LogP contribution in [0.4, 0.5) is 10.1 Å². The van der Waals surface area contributed by atoms with Crippen LogP contribution in [0.25, 0.3) is 0 Å². The van der Waals surface area contributed by atoms with Crippen molar-refractivity contribution in [1.82, 2.24) is 5.32 Å². The molecule has 0 bridgehead atoms. The number of amides is 1. The number of rotatable bonds is 2. The van der Waals surface area contributed by atoms with Crippen molar-refractivity contribution in [2.24, 2.45) is 5.92 Å². The maximum Gasteiger partial charge on any atom is 0.228 e. The Hall–Kier alpha value is -0.840. The van der Waals surface area contributed by atoms with Crippen molar-refractivity contribution in [3.63, 3.8) is 0 Å². The molecule has 1 aromatic rings. The molecule has 1 amide bonds. The highest BCUT2D eigenvalue weighted by molar-refractivity contribution is 6.31. The lowest BCUT2D eigenvalue weighted by Gasteiger charge is -2.10. The lowest BCUT2D eigenvalue weighted by molar-refractivity contribution is -0.119. The number of carbonyl (C=O) groups is 1. The van der Waals surface area contributed by atoms with Crippen molar-refractivity contribution in [2.75, 3.05) is 18.4 Å². The van der Waals surface area contributed by atoms with Crippen LogP contribution < -0.4 is 10.6 Å². The van der Waals surface area contributed by atoms with Crippen molar-refractivity contribution in [1.29, 1.82) is 0 Å². The standard InChI is InChI=1S/C11H12ClFN2O.ClH/c12-9-5-8(1-2-10(9)13)15-11(16)7-3-4-14-6-7;/h1-2,5,7,14H,3-4,6H2,(H,15,16);1H/t7-;/m0./s1. The molecule has 6 heteroatoms. The van der Waals surface area contributed by atoms with Crippen LogP contribution in [0.15, 0.2) is 18.2 Å². The smallest absolute Gasteiger partial charge is 0.228 e. The highest BCUT2D eigenvalue weighted by Gasteiger charge is 2.22. The summed E-state index contributed by atoms with van der Waals surface area (Å²) < 4.78 is 12.9. The summed E-state index contributed by atoms with van der Waals surface area (Å²) in [5.41, 5.74) is 0.531. The van der Waals surface area contributed by atoms with E-state index >= 15 is 0 Å². The summed E-state index contributed by atoms with van der Waals surface area (Å²) >= 11 is 5.62. The number of carbonyl (C=O) groups excluding carboxylic acids is 1. The number of hydrogen-bond acceptors (Lipinski definition) is 2. The quantitative estimate of drug-likeness (QED) is 0.873. The molecule has 0 saturated carbocycles. The van der Waals surface area contributed by atoms with E-state index in [2.05, 4.69) is 10.6 Å². The molecule has 1 atom stereocenters. The molecule has 94 valence electrons. The van der Waals surface area contributed by atoms with E-state index in [1.807, 2.05) is 0 Å². The summed E-state index contributed by atoms with van der Waals surface area (Å²) in [4.78, 5) is 11.7. The van der Waals surface area contributed by atoms with E-state index in [0.717, 1.165) is 13.0 Å². The fourth-order valence-corrected chi connectivity index (χ4v) is 1.88. The predicted molar refractivity (Wildman–Crippen MR) is 68.3 cm³/mol. The summed E-state index contributed by atoms with van der Waals surface area (Å²) in [7, 11) is 0. The normalized spacial score (nSPS) is 18.6. The second kappa shape index (κ2) is 6.19. The largest absolute Gasteiger partial charge is 0.326 e. The van der Waals surface area contributed by atoms with E-state index in [-0.39, 0.29) is 29.3 Å². The van der Waals surface area contributed by atoms with Gasteiger partial charge in [0.25, 0.3) is 0 Å². The van der Waals surface area contributed by atoms with Gasteiger partial charge in [-0.2, -0.15) is 0 Å². The van der Waals surface area contributed by atoms with Gasteiger partial charge in [0, 0.05) is 12.2 Å². The first kappa shape index (κ1) is 14.2. The van der Waals surface area contributed by atoms with Crippen LogP contribution in [0.2, 0.25) is 5.02 Å². The second-order valence-corrected chi connectivity index (χ2v) is 4.22. The molecule has 0 unspecified atom stereocenters. The molecule has 1 heterocycles. The van der Waals surface area contributed by atoms with Crippen LogP contribution in [-0.2, 0) is 4.79 Å². The predicted octanol–water partition coefficient (Wildman–Crippen LogP) is 2.45. The van der Waals surface area contributed by atoms with Crippen molar-refractivity contribution in [2.45, 2.75) is 6.42 Å². The molecule has 0 spiro atoms. The summed E-state index contributed by atoms with van der Waals surface area (Å²) in [5, 5.41) is 5.85. The molecule has 1 aliphatic rings. The van der Waals surface area contributed by atoms with Gasteiger partial charge in [-0.1, -0.05) is 11.6 Å². The Balaban J connectivity index is 0.00000144. The number of hydrogen-bond donors (Lipinski definition) is 2. The lowest BCUT2D eigenvalue weighted by Crippen LogP contribution is -2.24. The van der Waals surface area contributed by atoms with Crippen molar-refractivity contribution >= 4 is 35.6 Å². The van der Waals surface area contributed by atoms with Crippen LogP contribution in [0.5, 0.6) is 0 Å². The third-order valence-corrected chi connectivity index (χ3v) is 2.91. The molecule has 0 aromatic heterocycles. The van der Waals surface area contributed by atoms with Crippen LogP contribution in [0.3, 0.4) is 0 Å². The average Bonchev–Trinajstić information content (AvgIpc) is 2.77.